The van der Waals surface area contributed by atoms with Gasteiger partial charge in [-0.3, -0.25) is 19.3 Å². The van der Waals surface area contributed by atoms with Gasteiger partial charge < -0.3 is 10.0 Å². The minimum atomic E-state index is -0.854. The summed E-state index contributed by atoms with van der Waals surface area (Å²) in [4.78, 5) is 41.0. The van der Waals surface area contributed by atoms with Gasteiger partial charge in [0, 0.05) is 12.1 Å². The molecule has 0 spiro atoms. The van der Waals surface area contributed by atoms with E-state index in [4.69, 9.17) is 0 Å². The van der Waals surface area contributed by atoms with E-state index in [1.807, 2.05) is 13.8 Å². The first kappa shape index (κ1) is 19.3. The van der Waals surface area contributed by atoms with Gasteiger partial charge in [-0.15, -0.1) is 0 Å². The summed E-state index contributed by atoms with van der Waals surface area (Å²) in [7, 11) is 0. The first-order valence-electron chi connectivity index (χ1n) is 9.86. The molecule has 4 rings (SSSR count). The predicted octanol–water partition coefficient (Wildman–Crippen LogP) is 2.72. The molecular weight excluding hydrogens is 368 g/mol. The number of benzene rings is 2. The van der Waals surface area contributed by atoms with Crippen LogP contribution in [0, 0.1) is 5.92 Å². The number of carbonyl (C=O) groups excluding carboxylic acids is 3. The van der Waals surface area contributed by atoms with Gasteiger partial charge in [0.05, 0.1) is 29.8 Å². The molecule has 0 aliphatic carbocycles. The van der Waals surface area contributed by atoms with Crippen LogP contribution in [0.1, 0.15) is 56.9 Å². The van der Waals surface area contributed by atoms with Crippen LogP contribution in [-0.4, -0.2) is 51.3 Å². The van der Waals surface area contributed by atoms with E-state index in [1.54, 1.807) is 53.4 Å². The second-order valence-electron chi connectivity index (χ2n) is 8.18. The number of aliphatic hydroxyl groups is 1. The third-order valence-corrected chi connectivity index (χ3v) is 6.03. The summed E-state index contributed by atoms with van der Waals surface area (Å²) in [5.74, 6) is -0.709. The minimum absolute atomic E-state index is 0.0699. The molecule has 1 unspecified atom stereocenters. The number of fused-ring (bicyclic) bond motifs is 1. The molecule has 6 nitrogen and oxygen atoms in total. The molecule has 0 aromatic heterocycles. The van der Waals surface area contributed by atoms with E-state index < -0.39 is 5.60 Å². The molecule has 29 heavy (non-hydrogen) atoms. The average Bonchev–Trinajstić information content (AvgIpc) is 3.23. The number of rotatable bonds is 4. The van der Waals surface area contributed by atoms with Gasteiger partial charge in [0.15, 0.2) is 0 Å². The van der Waals surface area contributed by atoms with E-state index in [0.717, 1.165) is 0 Å². The van der Waals surface area contributed by atoms with Crippen LogP contribution in [0.3, 0.4) is 0 Å². The molecule has 2 heterocycles. The number of amides is 3. The maximum atomic E-state index is 12.9. The largest absolute Gasteiger partial charge is 0.388 e. The smallest absolute Gasteiger partial charge is 0.261 e. The highest BCUT2D eigenvalue weighted by Gasteiger charge is 2.41. The van der Waals surface area contributed by atoms with Gasteiger partial charge >= 0.3 is 0 Å². The Kier molecular flexibility index (Phi) is 4.74. The van der Waals surface area contributed by atoms with Crippen molar-refractivity contribution in [3.63, 3.8) is 0 Å². The highest BCUT2D eigenvalue weighted by Crippen LogP contribution is 2.30. The zero-order chi connectivity index (χ0) is 20.8. The summed E-state index contributed by atoms with van der Waals surface area (Å²) in [6, 6.07) is 13.8. The van der Waals surface area contributed by atoms with Crippen LogP contribution in [0.4, 0.5) is 0 Å². The van der Waals surface area contributed by atoms with Crippen LogP contribution in [0.5, 0.6) is 0 Å². The molecule has 1 atom stereocenters. The van der Waals surface area contributed by atoms with E-state index in [1.165, 1.54) is 4.90 Å². The van der Waals surface area contributed by atoms with Gasteiger partial charge in [-0.1, -0.05) is 38.1 Å². The number of nitrogens with zero attached hydrogens (tertiary/aromatic N) is 2. The van der Waals surface area contributed by atoms with Crippen molar-refractivity contribution in [1.29, 1.82) is 0 Å². The SMILES string of the molecule is CC(C)C1(O)CCN(C(=O)c2cccc(CN3C(=O)c4ccccc4C3=O)c2)C1. The summed E-state index contributed by atoms with van der Waals surface area (Å²) < 4.78 is 0. The number of imide groups is 1. The summed E-state index contributed by atoms with van der Waals surface area (Å²) in [6.45, 7) is 4.85. The number of hydrogen-bond acceptors (Lipinski definition) is 4. The minimum Gasteiger partial charge on any atom is -0.388 e. The Balaban J connectivity index is 1.51. The van der Waals surface area contributed by atoms with E-state index in [0.29, 0.717) is 41.8 Å². The zero-order valence-electron chi connectivity index (χ0n) is 16.6. The van der Waals surface area contributed by atoms with Crippen molar-refractivity contribution in [2.24, 2.45) is 5.92 Å². The fourth-order valence-corrected chi connectivity index (χ4v) is 4.01. The predicted molar refractivity (Wildman–Crippen MR) is 107 cm³/mol. The molecule has 6 heteroatoms. The van der Waals surface area contributed by atoms with Gasteiger partial charge in [0.25, 0.3) is 17.7 Å². The lowest BCUT2D eigenvalue weighted by Gasteiger charge is -2.27. The molecule has 1 N–H and O–H groups in total. The Morgan fingerprint density at radius 3 is 2.31 bits per heavy atom. The number of β-amino-alcohol motifs (C(OH)–C–C–N with tert-alkyl or cyclic N) is 1. The Bertz CT molecular complexity index is 965. The molecule has 2 aliphatic heterocycles. The van der Waals surface area contributed by atoms with Crippen LogP contribution in [0.25, 0.3) is 0 Å². The summed E-state index contributed by atoms with van der Waals surface area (Å²) in [6.07, 6.45) is 0.561. The van der Waals surface area contributed by atoms with Crippen molar-refractivity contribution in [3.8, 4) is 0 Å². The quantitative estimate of drug-likeness (QED) is 0.812. The molecule has 1 fully saturated rings. The molecule has 3 amide bonds. The van der Waals surface area contributed by atoms with Gasteiger partial charge in [-0.2, -0.15) is 0 Å². The lowest BCUT2D eigenvalue weighted by atomic mass is 9.90. The lowest BCUT2D eigenvalue weighted by molar-refractivity contribution is 0.00520. The maximum Gasteiger partial charge on any atom is 0.261 e. The molecule has 0 radical (unpaired) electrons. The molecule has 2 aromatic rings. The van der Waals surface area contributed by atoms with Gasteiger partial charge in [0.1, 0.15) is 0 Å². The van der Waals surface area contributed by atoms with E-state index in [-0.39, 0.29) is 30.2 Å². The second-order valence-corrected chi connectivity index (χ2v) is 8.18. The number of carbonyl (C=O) groups is 3. The fraction of sp³-hybridized carbons (Fsp3) is 0.348. The Labute approximate surface area is 169 Å². The molecule has 150 valence electrons. The highest BCUT2D eigenvalue weighted by molar-refractivity contribution is 6.21. The van der Waals surface area contributed by atoms with Crippen LogP contribution in [0.2, 0.25) is 0 Å². The Hall–Kier alpha value is -2.99. The molecule has 1 saturated heterocycles. The zero-order valence-corrected chi connectivity index (χ0v) is 16.6. The van der Waals surface area contributed by atoms with Crippen molar-refractivity contribution in [2.45, 2.75) is 32.4 Å². The Morgan fingerprint density at radius 1 is 1.07 bits per heavy atom. The van der Waals surface area contributed by atoms with Crippen LogP contribution < -0.4 is 0 Å². The third-order valence-electron chi connectivity index (χ3n) is 6.03. The lowest BCUT2D eigenvalue weighted by Crippen LogP contribution is -2.40. The van der Waals surface area contributed by atoms with Gasteiger partial charge in [0.2, 0.25) is 0 Å². The second kappa shape index (κ2) is 7.12. The van der Waals surface area contributed by atoms with Crippen molar-refractivity contribution < 1.29 is 19.5 Å². The number of likely N-dealkylation sites (tertiary alicyclic amines) is 1. The summed E-state index contributed by atoms with van der Waals surface area (Å²) in [5, 5.41) is 10.6. The monoisotopic (exact) mass is 392 g/mol. The molecule has 0 bridgehead atoms. The van der Waals surface area contributed by atoms with E-state index in [9.17, 15) is 19.5 Å². The molecular formula is C23H24N2O4. The van der Waals surface area contributed by atoms with Crippen molar-refractivity contribution >= 4 is 17.7 Å². The first-order valence-corrected chi connectivity index (χ1v) is 9.86. The standard InChI is InChI=1S/C23H24N2O4/c1-15(2)23(29)10-11-24(14-23)20(26)17-7-5-6-16(12-17)13-25-21(27)18-8-3-4-9-19(18)22(25)28/h3-9,12,15,29H,10-11,13-14H2,1-2H3. The number of hydrogen-bond donors (Lipinski definition) is 1. The van der Waals surface area contributed by atoms with Crippen LogP contribution in [-0.2, 0) is 6.54 Å². The first-order chi connectivity index (χ1) is 13.8. The molecule has 0 saturated carbocycles. The van der Waals surface area contributed by atoms with Crippen molar-refractivity contribution in [2.75, 3.05) is 13.1 Å². The summed E-state index contributed by atoms with van der Waals surface area (Å²) in [5.41, 5.74) is 1.17. The van der Waals surface area contributed by atoms with E-state index >= 15 is 0 Å². The third kappa shape index (κ3) is 3.34. The highest BCUT2D eigenvalue weighted by atomic mass is 16.3. The average molecular weight is 392 g/mol. The van der Waals surface area contributed by atoms with Gasteiger partial charge in [-0.25, -0.2) is 0 Å². The fourth-order valence-electron chi connectivity index (χ4n) is 4.01. The van der Waals surface area contributed by atoms with E-state index in [2.05, 4.69) is 0 Å². The normalized spacial score (nSPS) is 21.2. The van der Waals surface area contributed by atoms with Crippen LogP contribution in [0.15, 0.2) is 48.5 Å². The maximum absolute atomic E-state index is 12.9. The molecule has 2 aliphatic rings. The van der Waals surface area contributed by atoms with Crippen molar-refractivity contribution in [1.82, 2.24) is 9.80 Å². The Morgan fingerprint density at radius 2 is 1.72 bits per heavy atom. The van der Waals surface area contributed by atoms with Crippen LogP contribution >= 0.6 is 0 Å². The molecule has 2 aromatic carbocycles. The topological polar surface area (TPSA) is 77.9 Å². The van der Waals surface area contributed by atoms with Crippen molar-refractivity contribution in [3.05, 3.63) is 70.8 Å². The summed E-state index contributed by atoms with van der Waals surface area (Å²) >= 11 is 0. The van der Waals surface area contributed by atoms with Gasteiger partial charge in [-0.05, 0) is 42.2 Å².